The number of hydrogen-bond donors (Lipinski definition) is 0. The van der Waals surface area contributed by atoms with E-state index in [0.29, 0.717) is 0 Å². The molecule has 1 aromatic carbocycles. The van der Waals surface area contributed by atoms with Crippen LogP contribution in [0.1, 0.15) is 21.6 Å². The summed E-state index contributed by atoms with van der Waals surface area (Å²) in [5.41, 5.74) is 2.01. The van der Waals surface area contributed by atoms with Crippen LogP contribution < -0.4 is 4.74 Å². The molecule has 2 aromatic rings. The van der Waals surface area contributed by atoms with Crippen molar-refractivity contribution < 1.29 is 13.9 Å². The predicted molar refractivity (Wildman–Crippen MR) is 72.7 cm³/mol. The number of carbonyl (C=O) groups excluding carboxylic acids is 1. The number of halogens is 2. The summed E-state index contributed by atoms with van der Waals surface area (Å²) in [6.07, 6.45) is 0. The van der Waals surface area contributed by atoms with E-state index in [0.717, 1.165) is 17.3 Å². The lowest BCUT2D eigenvalue weighted by Crippen LogP contribution is -2.13. The average Bonchev–Trinajstić information content (AvgIpc) is 2.43. The van der Waals surface area contributed by atoms with Crippen molar-refractivity contribution in [2.24, 2.45) is 0 Å². The average molecular weight is 295 g/mol. The first-order valence-corrected chi connectivity index (χ1v) is 6.27. The van der Waals surface area contributed by atoms with Crippen LogP contribution in [0.3, 0.4) is 0 Å². The van der Waals surface area contributed by atoms with Gasteiger partial charge in [0.25, 0.3) is 0 Å². The monoisotopic (exact) mass is 294 g/mol. The van der Waals surface area contributed by atoms with Gasteiger partial charge in [-0.15, -0.1) is 5.10 Å². The Hall–Kier alpha value is -2.01. The smallest absolute Gasteiger partial charge is 0.234 e. The summed E-state index contributed by atoms with van der Waals surface area (Å²) in [7, 11) is 0. The molecule has 0 saturated carbocycles. The van der Waals surface area contributed by atoms with Crippen LogP contribution in [-0.2, 0) is 0 Å². The van der Waals surface area contributed by atoms with Gasteiger partial charge in [-0.05, 0) is 37.6 Å². The van der Waals surface area contributed by atoms with Gasteiger partial charge in [-0.2, -0.15) is 5.10 Å². The lowest BCUT2D eigenvalue weighted by Gasteiger charge is -2.06. The summed E-state index contributed by atoms with van der Waals surface area (Å²) in [5, 5.41) is 7.63. The molecule has 0 N–H and O–H groups in total. The van der Waals surface area contributed by atoms with E-state index >= 15 is 0 Å². The molecule has 20 heavy (non-hydrogen) atoms. The van der Waals surface area contributed by atoms with Crippen LogP contribution in [0.15, 0.2) is 24.3 Å². The van der Waals surface area contributed by atoms with Crippen molar-refractivity contribution in [1.82, 2.24) is 10.2 Å². The summed E-state index contributed by atoms with van der Waals surface area (Å²) in [4.78, 5) is 11.9. The number of Topliss-reactive ketones (excluding diaryl/α,β-unsaturated/α-hetero) is 1. The van der Waals surface area contributed by atoms with E-state index in [1.54, 1.807) is 6.07 Å². The third-order valence-corrected chi connectivity index (χ3v) is 3.09. The first-order chi connectivity index (χ1) is 9.47. The molecule has 6 heteroatoms. The molecule has 0 amide bonds. The van der Waals surface area contributed by atoms with Gasteiger partial charge in [-0.1, -0.05) is 11.6 Å². The number of nitrogens with zero attached hydrogens (tertiary/aromatic N) is 2. The van der Waals surface area contributed by atoms with Gasteiger partial charge in [0.05, 0.1) is 10.7 Å². The summed E-state index contributed by atoms with van der Waals surface area (Å²) in [6.45, 7) is 3.50. The topological polar surface area (TPSA) is 52.1 Å². The lowest BCUT2D eigenvalue weighted by molar-refractivity contribution is 0.0917. The fourth-order valence-electron chi connectivity index (χ4n) is 1.48. The van der Waals surface area contributed by atoms with Crippen molar-refractivity contribution in [3.63, 3.8) is 0 Å². The second-order valence-electron chi connectivity index (χ2n) is 4.29. The second kappa shape index (κ2) is 5.96. The van der Waals surface area contributed by atoms with Crippen LogP contribution in [0.25, 0.3) is 0 Å². The maximum Gasteiger partial charge on any atom is 0.234 e. The number of aromatic nitrogens is 2. The molecule has 0 unspecified atom stereocenters. The first kappa shape index (κ1) is 14.4. The standard InChI is InChI=1S/C14H12ClFN2O2/c1-8-5-14(18-17-9(8)2)20-7-13(19)10-3-4-12(16)11(15)6-10/h3-6H,7H2,1-2H3. The molecule has 0 bridgehead atoms. The van der Waals surface area contributed by atoms with Gasteiger partial charge in [0.2, 0.25) is 5.88 Å². The number of rotatable bonds is 4. The fourth-order valence-corrected chi connectivity index (χ4v) is 1.67. The van der Waals surface area contributed by atoms with Crippen molar-refractivity contribution in [1.29, 1.82) is 0 Å². The Morgan fingerprint density at radius 3 is 2.70 bits per heavy atom. The van der Waals surface area contributed by atoms with Crippen molar-refractivity contribution in [2.45, 2.75) is 13.8 Å². The third kappa shape index (κ3) is 3.30. The van der Waals surface area contributed by atoms with E-state index in [-0.39, 0.29) is 28.9 Å². The quantitative estimate of drug-likeness (QED) is 0.813. The first-order valence-electron chi connectivity index (χ1n) is 5.89. The minimum atomic E-state index is -0.566. The molecule has 0 atom stereocenters. The highest BCUT2D eigenvalue weighted by Gasteiger charge is 2.10. The van der Waals surface area contributed by atoms with E-state index in [2.05, 4.69) is 10.2 Å². The van der Waals surface area contributed by atoms with E-state index in [4.69, 9.17) is 16.3 Å². The number of carbonyl (C=O) groups is 1. The highest BCUT2D eigenvalue weighted by atomic mass is 35.5. The maximum absolute atomic E-state index is 13.0. The molecule has 104 valence electrons. The zero-order chi connectivity index (χ0) is 14.7. The van der Waals surface area contributed by atoms with Crippen LogP contribution >= 0.6 is 11.6 Å². The highest BCUT2D eigenvalue weighted by molar-refractivity contribution is 6.31. The van der Waals surface area contributed by atoms with E-state index < -0.39 is 5.82 Å². The molecule has 4 nitrogen and oxygen atoms in total. The minimum Gasteiger partial charge on any atom is -0.468 e. The number of hydrogen-bond acceptors (Lipinski definition) is 4. The Morgan fingerprint density at radius 1 is 1.30 bits per heavy atom. The predicted octanol–water partition coefficient (Wildman–Crippen LogP) is 3.15. The zero-order valence-electron chi connectivity index (χ0n) is 11.0. The molecule has 0 aliphatic carbocycles. The van der Waals surface area contributed by atoms with Gasteiger partial charge in [0.1, 0.15) is 5.82 Å². The zero-order valence-corrected chi connectivity index (χ0v) is 11.7. The Balaban J connectivity index is 2.04. The Morgan fingerprint density at radius 2 is 2.05 bits per heavy atom. The number of ether oxygens (including phenoxy) is 1. The lowest BCUT2D eigenvalue weighted by atomic mass is 10.1. The van der Waals surface area contributed by atoms with Gasteiger partial charge in [-0.25, -0.2) is 4.39 Å². The fraction of sp³-hybridized carbons (Fsp3) is 0.214. The van der Waals surface area contributed by atoms with Gasteiger partial charge in [0.15, 0.2) is 12.4 Å². The van der Waals surface area contributed by atoms with E-state index in [1.165, 1.54) is 12.1 Å². The molecule has 0 radical (unpaired) electrons. The van der Waals surface area contributed by atoms with Crippen LogP contribution in [-0.4, -0.2) is 22.6 Å². The van der Waals surface area contributed by atoms with Crippen molar-refractivity contribution in [3.8, 4) is 5.88 Å². The van der Waals surface area contributed by atoms with E-state index in [9.17, 15) is 9.18 Å². The summed E-state index contributed by atoms with van der Waals surface area (Å²) in [6, 6.07) is 5.48. The molecule has 0 fully saturated rings. The van der Waals surface area contributed by atoms with Gasteiger partial charge < -0.3 is 4.74 Å². The maximum atomic E-state index is 13.0. The van der Waals surface area contributed by atoms with Gasteiger partial charge in [-0.3, -0.25) is 4.79 Å². The number of benzene rings is 1. The normalized spacial score (nSPS) is 10.4. The minimum absolute atomic E-state index is 0.0955. The number of ketones is 1. The Kier molecular flexibility index (Phi) is 4.29. The molecular weight excluding hydrogens is 283 g/mol. The van der Waals surface area contributed by atoms with Gasteiger partial charge >= 0.3 is 0 Å². The largest absolute Gasteiger partial charge is 0.468 e. The summed E-state index contributed by atoms with van der Waals surface area (Å²) >= 11 is 5.62. The van der Waals surface area contributed by atoms with Gasteiger partial charge in [0, 0.05) is 11.6 Å². The molecule has 1 aromatic heterocycles. The van der Waals surface area contributed by atoms with Crippen molar-refractivity contribution in [3.05, 3.63) is 51.9 Å². The van der Waals surface area contributed by atoms with Crippen LogP contribution in [0.2, 0.25) is 5.02 Å². The molecule has 2 rings (SSSR count). The summed E-state index contributed by atoms with van der Waals surface area (Å²) < 4.78 is 18.3. The van der Waals surface area contributed by atoms with Crippen molar-refractivity contribution >= 4 is 17.4 Å². The van der Waals surface area contributed by atoms with Crippen LogP contribution in [0, 0.1) is 19.7 Å². The molecule has 0 aliphatic rings. The SMILES string of the molecule is Cc1cc(OCC(=O)c2ccc(F)c(Cl)c2)nnc1C. The number of aryl methyl sites for hydroxylation is 2. The highest BCUT2D eigenvalue weighted by Crippen LogP contribution is 2.17. The molecule has 0 saturated heterocycles. The molecular formula is C14H12ClFN2O2. The van der Waals surface area contributed by atoms with Crippen LogP contribution in [0.4, 0.5) is 4.39 Å². The molecule has 0 aliphatic heterocycles. The Bertz CT molecular complexity index is 662. The third-order valence-electron chi connectivity index (χ3n) is 2.80. The molecule has 0 spiro atoms. The summed E-state index contributed by atoms with van der Waals surface area (Å²) in [5.74, 6) is -0.606. The second-order valence-corrected chi connectivity index (χ2v) is 4.70. The Labute approximate surface area is 120 Å². The van der Waals surface area contributed by atoms with Crippen molar-refractivity contribution in [2.75, 3.05) is 6.61 Å². The molecule has 1 heterocycles. The van der Waals surface area contributed by atoms with Crippen LogP contribution in [0.5, 0.6) is 5.88 Å². The van der Waals surface area contributed by atoms with E-state index in [1.807, 2.05) is 13.8 Å².